The Morgan fingerprint density at radius 3 is 2.51 bits per heavy atom. The van der Waals surface area contributed by atoms with Gasteiger partial charge in [0, 0.05) is 24.7 Å². The van der Waals surface area contributed by atoms with Gasteiger partial charge in [0.1, 0.15) is 23.2 Å². The topological polar surface area (TPSA) is 104 Å². The number of H-pyrrole nitrogens is 1. The summed E-state index contributed by atoms with van der Waals surface area (Å²) in [7, 11) is -4.13. The predicted molar refractivity (Wildman–Crippen MR) is 133 cm³/mol. The zero-order valence-electron chi connectivity index (χ0n) is 19.8. The van der Waals surface area contributed by atoms with Crippen LogP contribution in [0.5, 0.6) is 0 Å². The van der Waals surface area contributed by atoms with Gasteiger partial charge in [-0.05, 0) is 37.6 Å². The highest BCUT2D eigenvalue weighted by Crippen LogP contribution is 2.27. The molecule has 0 aliphatic rings. The molecule has 0 unspecified atom stereocenters. The molecular formula is C24H27F3N4O3S. The first-order valence-corrected chi connectivity index (χ1v) is 12.1. The van der Waals surface area contributed by atoms with Gasteiger partial charge in [-0.3, -0.25) is 4.79 Å². The molecule has 3 aromatic rings. The molecular weight excluding hydrogens is 481 g/mol. The summed E-state index contributed by atoms with van der Waals surface area (Å²) in [5, 5.41) is 2.06. The van der Waals surface area contributed by atoms with E-state index in [9.17, 15) is 26.4 Å². The highest BCUT2D eigenvalue weighted by Gasteiger charge is 2.25. The summed E-state index contributed by atoms with van der Waals surface area (Å²) in [6.45, 7) is 10.7. The minimum Gasteiger partial charge on any atom is -0.360 e. The molecule has 2 aromatic heterocycles. The van der Waals surface area contributed by atoms with Gasteiger partial charge in [0.25, 0.3) is 0 Å². The second-order valence-electron chi connectivity index (χ2n) is 6.56. The molecule has 11 heteroatoms. The van der Waals surface area contributed by atoms with Crippen LogP contribution in [0.3, 0.4) is 0 Å². The van der Waals surface area contributed by atoms with Crippen molar-refractivity contribution in [2.24, 2.45) is 4.99 Å². The maximum Gasteiger partial charge on any atom is 0.241 e. The fourth-order valence-corrected chi connectivity index (χ4v) is 3.90. The number of fused-ring (bicyclic) bond motifs is 1. The van der Waals surface area contributed by atoms with E-state index in [2.05, 4.69) is 26.9 Å². The number of aromatic nitrogens is 2. The van der Waals surface area contributed by atoms with Crippen LogP contribution in [0.4, 0.5) is 19.0 Å². The van der Waals surface area contributed by atoms with Gasteiger partial charge in [-0.15, -0.1) is 0 Å². The van der Waals surface area contributed by atoms with Crippen molar-refractivity contribution in [3.63, 3.8) is 0 Å². The zero-order valence-corrected chi connectivity index (χ0v) is 20.6. The summed E-state index contributed by atoms with van der Waals surface area (Å²) in [5.41, 5.74) is 0.533. The van der Waals surface area contributed by atoms with Crippen LogP contribution in [0.2, 0.25) is 0 Å². The molecule has 0 aliphatic carbocycles. The number of aliphatic imine (C=N–C) groups is 1. The number of halogens is 3. The predicted octanol–water partition coefficient (Wildman–Crippen LogP) is 5.74. The van der Waals surface area contributed by atoms with Crippen molar-refractivity contribution in [3.05, 3.63) is 78.8 Å². The van der Waals surface area contributed by atoms with Crippen LogP contribution in [-0.2, 0) is 14.6 Å². The van der Waals surface area contributed by atoms with Crippen molar-refractivity contribution in [3.8, 4) is 0 Å². The SMILES string of the molecule is C=CN=C(F)/C(C)=C\C.CC.O=C(CS(=O)(=O)c1c[nH]c2cc(F)cc(F)c12)Nc1ccccn1. The summed E-state index contributed by atoms with van der Waals surface area (Å²) in [4.78, 5) is 21.2. The first-order valence-electron chi connectivity index (χ1n) is 10.5. The van der Waals surface area contributed by atoms with Crippen molar-refractivity contribution in [2.75, 3.05) is 11.1 Å². The van der Waals surface area contributed by atoms with E-state index in [1.54, 1.807) is 32.1 Å². The molecule has 0 saturated carbocycles. The molecule has 1 aromatic carbocycles. The molecule has 0 saturated heterocycles. The monoisotopic (exact) mass is 508 g/mol. The van der Waals surface area contributed by atoms with Crippen molar-refractivity contribution < 1.29 is 26.4 Å². The third-order valence-corrected chi connectivity index (χ3v) is 5.85. The van der Waals surface area contributed by atoms with Crippen LogP contribution < -0.4 is 5.32 Å². The van der Waals surface area contributed by atoms with Crippen LogP contribution in [0.25, 0.3) is 10.9 Å². The molecule has 188 valence electrons. The molecule has 0 aliphatic heterocycles. The number of nitrogens with one attached hydrogen (secondary N) is 2. The third-order valence-electron chi connectivity index (χ3n) is 4.21. The average Bonchev–Trinajstić information content (AvgIpc) is 3.26. The number of carbonyl (C=O) groups is 1. The van der Waals surface area contributed by atoms with E-state index < -0.39 is 44.0 Å². The number of pyridine rings is 1. The lowest BCUT2D eigenvalue weighted by Gasteiger charge is -2.05. The first kappa shape index (κ1) is 29.3. The molecule has 0 bridgehead atoms. The largest absolute Gasteiger partial charge is 0.360 e. The normalized spacial score (nSPS) is 11.6. The average molecular weight is 509 g/mol. The Balaban J connectivity index is 0.000000473. The van der Waals surface area contributed by atoms with Crippen molar-refractivity contribution >= 4 is 38.4 Å². The first-order chi connectivity index (χ1) is 16.6. The lowest BCUT2D eigenvalue weighted by atomic mass is 10.2. The van der Waals surface area contributed by atoms with E-state index in [-0.39, 0.29) is 16.7 Å². The Hall–Kier alpha value is -3.73. The van der Waals surface area contributed by atoms with Crippen molar-refractivity contribution in [2.45, 2.75) is 32.6 Å². The molecule has 0 atom stereocenters. The Morgan fingerprint density at radius 1 is 1.26 bits per heavy atom. The lowest BCUT2D eigenvalue weighted by Crippen LogP contribution is -2.23. The van der Waals surface area contributed by atoms with E-state index >= 15 is 0 Å². The number of hydrogen-bond acceptors (Lipinski definition) is 5. The number of aromatic amines is 1. The van der Waals surface area contributed by atoms with E-state index in [0.717, 1.165) is 12.3 Å². The summed E-state index contributed by atoms with van der Waals surface area (Å²) in [5.74, 6) is -3.83. The van der Waals surface area contributed by atoms with Gasteiger partial charge in [0.05, 0.1) is 15.8 Å². The molecule has 7 nitrogen and oxygen atoms in total. The van der Waals surface area contributed by atoms with E-state index in [1.807, 2.05) is 13.8 Å². The number of carbonyl (C=O) groups excluding carboxylic acids is 1. The van der Waals surface area contributed by atoms with Gasteiger partial charge in [0.15, 0.2) is 9.84 Å². The van der Waals surface area contributed by atoms with Crippen LogP contribution >= 0.6 is 0 Å². The van der Waals surface area contributed by atoms with Crippen LogP contribution in [0.15, 0.2) is 77.0 Å². The molecule has 35 heavy (non-hydrogen) atoms. The molecule has 0 fully saturated rings. The molecule has 2 N–H and O–H groups in total. The summed E-state index contributed by atoms with van der Waals surface area (Å²) >= 11 is 0. The number of amides is 1. The molecule has 1 amide bonds. The number of benzene rings is 1. The van der Waals surface area contributed by atoms with Crippen LogP contribution in [0.1, 0.15) is 27.7 Å². The molecule has 0 spiro atoms. The Morgan fingerprint density at radius 2 is 1.94 bits per heavy atom. The van der Waals surface area contributed by atoms with E-state index in [0.29, 0.717) is 11.6 Å². The Bertz CT molecular complexity index is 1320. The number of nitrogens with zero attached hydrogens (tertiary/aromatic N) is 2. The fourth-order valence-electron chi connectivity index (χ4n) is 2.57. The smallest absolute Gasteiger partial charge is 0.241 e. The Labute approximate surface area is 202 Å². The zero-order chi connectivity index (χ0) is 26.6. The second-order valence-corrected chi connectivity index (χ2v) is 8.52. The lowest BCUT2D eigenvalue weighted by molar-refractivity contribution is -0.113. The number of allylic oxidation sites excluding steroid dienone is 2. The maximum atomic E-state index is 13.9. The third kappa shape index (κ3) is 8.53. The van der Waals surface area contributed by atoms with Gasteiger partial charge in [-0.2, -0.15) is 4.39 Å². The standard InChI is InChI=1S/C15H11F2N3O3S.C7H10FN.C2H6/c16-9-5-10(17)15-11(6-9)19-7-12(15)24(22,23)8-14(21)20-13-3-1-2-4-18-13;1-4-6(3)7(8)9-5-2;1-2/h1-7,19H,8H2,(H,18,20,21);4-5H,2H2,1,3H3;1-2H3/b;6-4-,9-7?;. The quantitative estimate of drug-likeness (QED) is 0.414. The van der Waals surface area contributed by atoms with E-state index in [4.69, 9.17) is 0 Å². The van der Waals surface area contributed by atoms with Gasteiger partial charge in [0.2, 0.25) is 11.9 Å². The van der Waals surface area contributed by atoms with Gasteiger partial charge in [-0.1, -0.05) is 32.6 Å². The fraction of sp³-hybridized carbons (Fsp3) is 0.208. The summed E-state index contributed by atoms with van der Waals surface area (Å²) in [6, 6.07) is 6.33. The number of hydrogen-bond donors (Lipinski definition) is 2. The number of anilines is 1. The summed E-state index contributed by atoms with van der Waals surface area (Å²) in [6.07, 6.45) is 5.31. The summed E-state index contributed by atoms with van der Waals surface area (Å²) < 4.78 is 64.3. The number of rotatable bonds is 6. The molecule has 2 heterocycles. The molecule has 0 radical (unpaired) electrons. The highest BCUT2D eigenvalue weighted by atomic mass is 32.2. The van der Waals surface area contributed by atoms with Crippen molar-refractivity contribution in [1.29, 1.82) is 0 Å². The van der Waals surface area contributed by atoms with E-state index in [1.165, 1.54) is 18.5 Å². The molecule has 3 rings (SSSR count). The minimum atomic E-state index is -4.13. The van der Waals surface area contributed by atoms with Gasteiger partial charge >= 0.3 is 0 Å². The van der Waals surface area contributed by atoms with Crippen molar-refractivity contribution in [1.82, 2.24) is 9.97 Å². The van der Waals surface area contributed by atoms with Gasteiger partial charge < -0.3 is 10.3 Å². The van der Waals surface area contributed by atoms with Crippen LogP contribution in [-0.4, -0.2) is 36.0 Å². The minimum absolute atomic E-state index is 0.00351. The maximum absolute atomic E-state index is 13.9. The highest BCUT2D eigenvalue weighted by molar-refractivity contribution is 7.92. The van der Waals surface area contributed by atoms with Gasteiger partial charge in [-0.25, -0.2) is 27.2 Å². The number of sulfone groups is 1. The Kier molecular flexibility index (Phi) is 11.6. The second kappa shape index (κ2) is 13.9. The van der Waals surface area contributed by atoms with Crippen LogP contribution in [0, 0.1) is 11.6 Å².